The van der Waals surface area contributed by atoms with Crippen LogP contribution in [0.1, 0.15) is 37.0 Å². The van der Waals surface area contributed by atoms with E-state index >= 15 is 0 Å². The molecule has 18 heavy (non-hydrogen) atoms. The third-order valence-corrected chi connectivity index (χ3v) is 4.06. The quantitative estimate of drug-likeness (QED) is 0.863. The van der Waals surface area contributed by atoms with Crippen LogP contribution in [0.3, 0.4) is 0 Å². The number of phenolic OH excluding ortho intramolecular Hbond substituents is 1. The summed E-state index contributed by atoms with van der Waals surface area (Å²) in [4.78, 5) is 14.3. The number of aromatic hydroxyl groups is 1. The number of carbonyl (C=O) groups excluding carboxylic acids is 1. The largest absolute Gasteiger partial charge is 0.507 e. The summed E-state index contributed by atoms with van der Waals surface area (Å²) < 4.78 is 0.775. The summed E-state index contributed by atoms with van der Waals surface area (Å²) in [6.45, 7) is 5.00. The SMILES string of the molecule is CC1CCC(C)N(C(=O)c2ccc(Br)cc2O)C1. The molecule has 0 aliphatic carbocycles. The average Bonchev–Trinajstić information content (AvgIpc) is 2.31. The predicted octanol–water partition coefficient (Wildman–Crippen LogP) is 3.42. The molecule has 1 amide bonds. The lowest BCUT2D eigenvalue weighted by Gasteiger charge is -2.37. The second-order valence-corrected chi connectivity index (χ2v) is 6.07. The maximum Gasteiger partial charge on any atom is 0.257 e. The number of nitrogens with zero attached hydrogens (tertiary/aromatic N) is 1. The highest BCUT2D eigenvalue weighted by Gasteiger charge is 2.28. The molecule has 98 valence electrons. The lowest BCUT2D eigenvalue weighted by Crippen LogP contribution is -2.44. The maximum atomic E-state index is 12.4. The van der Waals surface area contributed by atoms with Crippen molar-refractivity contribution >= 4 is 21.8 Å². The van der Waals surface area contributed by atoms with Gasteiger partial charge in [0.15, 0.2) is 0 Å². The number of amides is 1. The Labute approximate surface area is 116 Å². The summed E-state index contributed by atoms with van der Waals surface area (Å²) >= 11 is 3.28. The van der Waals surface area contributed by atoms with E-state index < -0.39 is 0 Å². The van der Waals surface area contributed by atoms with E-state index in [1.165, 1.54) is 0 Å². The van der Waals surface area contributed by atoms with Gasteiger partial charge in [-0.15, -0.1) is 0 Å². The zero-order chi connectivity index (χ0) is 13.3. The first-order valence-corrected chi connectivity index (χ1v) is 7.08. The van der Waals surface area contributed by atoms with Crippen molar-refractivity contribution in [3.8, 4) is 5.75 Å². The number of hydrogen-bond acceptors (Lipinski definition) is 2. The Morgan fingerprint density at radius 2 is 2.11 bits per heavy atom. The Bertz CT molecular complexity index is 461. The fourth-order valence-electron chi connectivity index (χ4n) is 2.41. The molecule has 1 saturated heterocycles. The Hall–Kier alpha value is -1.03. The smallest absolute Gasteiger partial charge is 0.257 e. The fourth-order valence-corrected chi connectivity index (χ4v) is 2.76. The van der Waals surface area contributed by atoms with Gasteiger partial charge in [0.1, 0.15) is 5.75 Å². The highest BCUT2D eigenvalue weighted by Crippen LogP contribution is 2.28. The number of benzene rings is 1. The topological polar surface area (TPSA) is 40.5 Å². The predicted molar refractivity (Wildman–Crippen MR) is 74.7 cm³/mol. The Morgan fingerprint density at radius 3 is 2.78 bits per heavy atom. The van der Waals surface area contributed by atoms with Crippen LogP contribution in [0.25, 0.3) is 0 Å². The molecule has 1 aliphatic heterocycles. The van der Waals surface area contributed by atoms with Crippen LogP contribution in [-0.4, -0.2) is 28.5 Å². The lowest BCUT2D eigenvalue weighted by molar-refractivity contribution is 0.0571. The first-order valence-electron chi connectivity index (χ1n) is 6.28. The van der Waals surface area contributed by atoms with Crippen molar-refractivity contribution in [2.75, 3.05) is 6.54 Å². The number of carbonyl (C=O) groups is 1. The molecule has 1 heterocycles. The van der Waals surface area contributed by atoms with Crippen LogP contribution in [0, 0.1) is 5.92 Å². The monoisotopic (exact) mass is 311 g/mol. The van der Waals surface area contributed by atoms with Crippen LogP contribution in [-0.2, 0) is 0 Å². The van der Waals surface area contributed by atoms with Crippen molar-refractivity contribution in [2.24, 2.45) is 5.92 Å². The summed E-state index contributed by atoms with van der Waals surface area (Å²) in [6, 6.07) is 5.26. The van der Waals surface area contributed by atoms with Crippen LogP contribution in [0.15, 0.2) is 22.7 Å². The minimum absolute atomic E-state index is 0.0415. The average molecular weight is 312 g/mol. The molecule has 0 saturated carbocycles. The van der Waals surface area contributed by atoms with Gasteiger partial charge in [-0.05, 0) is 43.9 Å². The van der Waals surface area contributed by atoms with E-state index in [9.17, 15) is 9.90 Å². The molecule has 1 aromatic rings. The molecule has 0 radical (unpaired) electrons. The lowest BCUT2D eigenvalue weighted by atomic mass is 9.94. The first-order chi connectivity index (χ1) is 8.49. The van der Waals surface area contributed by atoms with Crippen molar-refractivity contribution in [3.05, 3.63) is 28.2 Å². The van der Waals surface area contributed by atoms with Gasteiger partial charge in [0.05, 0.1) is 5.56 Å². The van der Waals surface area contributed by atoms with Crippen LogP contribution >= 0.6 is 15.9 Å². The second-order valence-electron chi connectivity index (χ2n) is 5.15. The van der Waals surface area contributed by atoms with Gasteiger partial charge in [0.2, 0.25) is 0 Å². The summed E-state index contributed by atoms with van der Waals surface area (Å²) in [5, 5.41) is 9.87. The Kier molecular flexibility index (Phi) is 3.95. The number of likely N-dealkylation sites (tertiary alicyclic amines) is 1. The van der Waals surface area contributed by atoms with Crippen molar-refractivity contribution in [1.29, 1.82) is 0 Å². The van der Waals surface area contributed by atoms with Gasteiger partial charge in [0.25, 0.3) is 5.91 Å². The van der Waals surface area contributed by atoms with Crippen LogP contribution < -0.4 is 0 Å². The summed E-state index contributed by atoms with van der Waals surface area (Å²) in [5.74, 6) is 0.501. The molecule has 1 N–H and O–H groups in total. The van der Waals surface area contributed by atoms with E-state index in [-0.39, 0.29) is 17.7 Å². The zero-order valence-electron chi connectivity index (χ0n) is 10.7. The van der Waals surface area contributed by atoms with E-state index in [4.69, 9.17) is 0 Å². The molecule has 2 unspecified atom stereocenters. The minimum Gasteiger partial charge on any atom is -0.507 e. The molecule has 0 aromatic heterocycles. The molecule has 2 atom stereocenters. The van der Waals surface area contributed by atoms with Gasteiger partial charge in [-0.25, -0.2) is 0 Å². The van der Waals surface area contributed by atoms with Crippen molar-refractivity contribution < 1.29 is 9.90 Å². The van der Waals surface area contributed by atoms with Gasteiger partial charge < -0.3 is 10.0 Å². The molecule has 3 nitrogen and oxygen atoms in total. The molecule has 1 aliphatic rings. The molecule has 1 fully saturated rings. The van der Waals surface area contributed by atoms with Gasteiger partial charge in [-0.1, -0.05) is 22.9 Å². The van der Waals surface area contributed by atoms with E-state index in [2.05, 4.69) is 29.8 Å². The van der Waals surface area contributed by atoms with Crippen LogP contribution in [0.4, 0.5) is 0 Å². The number of halogens is 1. The van der Waals surface area contributed by atoms with E-state index in [1.807, 2.05) is 4.90 Å². The summed E-state index contributed by atoms with van der Waals surface area (Å²) in [5.41, 5.74) is 0.388. The minimum atomic E-state index is -0.0703. The highest BCUT2D eigenvalue weighted by atomic mass is 79.9. The molecular weight excluding hydrogens is 294 g/mol. The van der Waals surface area contributed by atoms with E-state index in [0.29, 0.717) is 11.5 Å². The third-order valence-electron chi connectivity index (χ3n) is 3.57. The first kappa shape index (κ1) is 13.4. The number of phenols is 1. The molecule has 0 spiro atoms. The normalized spacial score (nSPS) is 24.1. The van der Waals surface area contributed by atoms with Gasteiger partial charge in [-0.2, -0.15) is 0 Å². The maximum absolute atomic E-state index is 12.4. The van der Waals surface area contributed by atoms with Crippen molar-refractivity contribution in [3.63, 3.8) is 0 Å². The third kappa shape index (κ3) is 2.69. The van der Waals surface area contributed by atoms with Crippen molar-refractivity contribution in [2.45, 2.75) is 32.7 Å². The number of rotatable bonds is 1. The molecular formula is C14H18BrNO2. The second kappa shape index (κ2) is 5.31. The van der Waals surface area contributed by atoms with Gasteiger partial charge in [-0.3, -0.25) is 4.79 Å². The standard InChI is InChI=1S/C14H18BrNO2/c1-9-3-4-10(2)16(8-9)14(18)12-6-5-11(15)7-13(12)17/h5-7,9-10,17H,3-4,8H2,1-2H3. The summed E-state index contributed by atoms with van der Waals surface area (Å²) in [6.07, 6.45) is 2.20. The zero-order valence-corrected chi connectivity index (χ0v) is 12.3. The number of piperidine rings is 1. The summed E-state index contributed by atoms with van der Waals surface area (Å²) in [7, 11) is 0. The fraction of sp³-hybridized carbons (Fsp3) is 0.500. The van der Waals surface area contributed by atoms with Crippen molar-refractivity contribution in [1.82, 2.24) is 4.90 Å². The van der Waals surface area contributed by atoms with E-state index in [1.54, 1.807) is 18.2 Å². The van der Waals surface area contributed by atoms with Gasteiger partial charge in [0, 0.05) is 17.1 Å². The molecule has 2 rings (SSSR count). The Morgan fingerprint density at radius 1 is 1.39 bits per heavy atom. The van der Waals surface area contributed by atoms with Crippen LogP contribution in [0.5, 0.6) is 5.75 Å². The van der Waals surface area contributed by atoms with Crippen LogP contribution in [0.2, 0.25) is 0 Å². The molecule has 1 aromatic carbocycles. The van der Waals surface area contributed by atoms with E-state index in [0.717, 1.165) is 23.9 Å². The Balaban J connectivity index is 2.24. The highest BCUT2D eigenvalue weighted by molar-refractivity contribution is 9.10. The molecule has 4 heteroatoms. The molecule has 0 bridgehead atoms. The van der Waals surface area contributed by atoms with Gasteiger partial charge >= 0.3 is 0 Å². The number of hydrogen-bond donors (Lipinski definition) is 1.